The molecule has 3 fully saturated rings. The van der Waals surface area contributed by atoms with Crippen molar-refractivity contribution < 1.29 is 9.59 Å². The second-order valence-corrected chi connectivity index (χ2v) is 6.68. The molecule has 3 N–H and O–H groups in total. The van der Waals surface area contributed by atoms with Crippen molar-refractivity contribution in [1.82, 2.24) is 16.0 Å². The van der Waals surface area contributed by atoms with Crippen molar-refractivity contribution in [3.8, 4) is 0 Å². The second-order valence-electron chi connectivity index (χ2n) is 6.68. The van der Waals surface area contributed by atoms with Gasteiger partial charge >= 0.3 is 0 Å². The van der Waals surface area contributed by atoms with Crippen LogP contribution in [0.5, 0.6) is 0 Å². The number of rotatable bonds is 5. The first kappa shape index (κ1) is 13.9. The number of nitrogens with one attached hydrogen (secondary N) is 3. The fourth-order valence-corrected chi connectivity index (χ4v) is 3.20. The zero-order chi connectivity index (χ0) is 14.0. The number of hydrogen-bond donors (Lipinski definition) is 3. The molecule has 2 amide bonds. The van der Waals surface area contributed by atoms with Crippen molar-refractivity contribution in [3.63, 3.8) is 0 Å². The molecule has 3 aliphatic rings. The summed E-state index contributed by atoms with van der Waals surface area (Å²) in [6.45, 7) is 1.46. The molecule has 2 aliphatic carbocycles. The summed E-state index contributed by atoms with van der Waals surface area (Å²) in [5.74, 6) is 0.123. The normalized spacial score (nSPS) is 30.4. The molecule has 20 heavy (non-hydrogen) atoms. The smallest absolute Gasteiger partial charge is 0.228 e. The minimum atomic E-state index is -0.524. The van der Waals surface area contributed by atoms with Gasteiger partial charge in [0.15, 0.2) is 0 Å². The molecular formula is C15H25N3O2. The highest BCUT2D eigenvalue weighted by atomic mass is 16.2. The fourth-order valence-electron chi connectivity index (χ4n) is 3.20. The molecule has 1 atom stereocenters. The Balaban J connectivity index is 1.57. The lowest BCUT2D eigenvalue weighted by Gasteiger charge is -2.34. The van der Waals surface area contributed by atoms with Gasteiger partial charge in [0.2, 0.25) is 11.8 Å². The van der Waals surface area contributed by atoms with Crippen molar-refractivity contribution in [1.29, 1.82) is 0 Å². The van der Waals surface area contributed by atoms with Crippen LogP contribution in [0.2, 0.25) is 0 Å². The molecule has 0 spiro atoms. The number of hydrogen-bond acceptors (Lipinski definition) is 3. The van der Waals surface area contributed by atoms with Gasteiger partial charge in [-0.2, -0.15) is 0 Å². The number of carbonyl (C=O) groups excluding carboxylic acids is 2. The minimum absolute atomic E-state index is 0.0437. The fraction of sp³-hybridized carbons (Fsp3) is 0.867. The number of carbonyl (C=O) groups is 2. The molecule has 112 valence electrons. The van der Waals surface area contributed by atoms with E-state index < -0.39 is 5.41 Å². The molecule has 1 unspecified atom stereocenters. The lowest BCUT2D eigenvalue weighted by molar-refractivity contribution is -0.137. The van der Waals surface area contributed by atoms with E-state index in [4.69, 9.17) is 0 Å². The van der Waals surface area contributed by atoms with E-state index in [9.17, 15) is 9.59 Å². The summed E-state index contributed by atoms with van der Waals surface area (Å²) >= 11 is 0. The molecule has 0 aromatic rings. The van der Waals surface area contributed by atoms with Crippen LogP contribution in [0.25, 0.3) is 0 Å². The predicted molar refractivity (Wildman–Crippen MR) is 76.1 cm³/mol. The summed E-state index contributed by atoms with van der Waals surface area (Å²) in [5, 5.41) is 9.43. The Bertz CT molecular complexity index is 383. The summed E-state index contributed by atoms with van der Waals surface area (Å²) in [6, 6.07) is 0.693. The molecule has 1 saturated heterocycles. The Kier molecular flexibility index (Phi) is 3.96. The van der Waals surface area contributed by atoms with Gasteiger partial charge < -0.3 is 16.0 Å². The van der Waals surface area contributed by atoms with Crippen LogP contribution in [-0.4, -0.2) is 37.0 Å². The molecule has 5 heteroatoms. The first-order chi connectivity index (χ1) is 9.68. The number of amides is 2. The highest BCUT2D eigenvalue weighted by Crippen LogP contribution is 2.32. The van der Waals surface area contributed by atoms with E-state index in [1.54, 1.807) is 0 Å². The van der Waals surface area contributed by atoms with Gasteiger partial charge in [0.25, 0.3) is 0 Å². The maximum Gasteiger partial charge on any atom is 0.228 e. The molecule has 0 aromatic carbocycles. The predicted octanol–water partition coefficient (Wildman–Crippen LogP) is 0.694. The van der Waals surface area contributed by atoms with Crippen molar-refractivity contribution >= 4 is 11.8 Å². The SMILES string of the molecule is O=C(CC1(C(=O)NC2CCC2)CCNC1)NC1CCC1. The Hall–Kier alpha value is -1.10. The molecule has 0 bridgehead atoms. The van der Waals surface area contributed by atoms with Crippen LogP contribution in [0.4, 0.5) is 0 Å². The standard InChI is InChI=1S/C15H25N3O2/c19-13(17-11-3-1-4-11)9-15(7-8-16-10-15)14(20)18-12-5-2-6-12/h11-12,16H,1-10H2,(H,17,19)(H,18,20). The summed E-state index contributed by atoms with van der Waals surface area (Å²) in [4.78, 5) is 24.7. The third kappa shape index (κ3) is 2.82. The van der Waals surface area contributed by atoms with Crippen LogP contribution in [0.1, 0.15) is 51.4 Å². The molecule has 5 nitrogen and oxygen atoms in total. The van der Waals surface area contributed by atoms with Crippen LogP contribution in [-0.2, 0) is 9.59 Å². The van der Waals surface area contributed by atoms with E-state index >= 15 is 0 Å². The van der Waals surface area contributed by atoms with E-state index in [0.717, 1.165) is 38.6 Å². The van der Waals surface area contributed by atoms with Crippen molar-refractivity contribution in [2.24, 2.45) is 5.41 Å². The van der Waals surface area contributed by atoms with Gasteiger partial charge in [-0.05, 0) is 51.5 Å². The van der Waals surface area contributed by atoms with Crippen molar-refractivity contribution in [2.45, 2.75) is 63.5 Å². The van der Waals surface area contributed by atoms with Gasteiger partial charge in [-0.1, -0.05) is 0 Å². The summed E-state index contributed by atoms with van der Waals surface area (Å²) in [7, 11) is 0. The first-order valence-electron chi connectivity index (χ1n) is 7.99. The van der Waals surface area contributed by atoms with Crippen molar-refractivity contribution in [3.05, 3.63) is 0 Å². The molecule has 1 aliphatic heterocycles. The van der Waals surface area contributed by atoms with Crippen LogP contribution >= 0.6 is 0 Å². The second kappa shape index (κ2) is 5.72. The molecule has 0 radical (unpaired) electrons. The van der Waals surface area contributed by atoms with Gasteiger partial charge in [0.1, 0.15) is 0 Å². The highest BCUT2D eigenvalue weighted by molar-refractivity contribution is 5.89. The Morgan fingerprint density at radius 3 is 2.20 bits per heavy atom. The highest BCUT2D eigenvalue weighted by Gasteiger charge is 2.44. The zero-order valence-electron chi connectivity index (χ0n) is 12.0. The van der Waals surface area contributed by atoms with Crippen LogP contribution in [0, 0.1) is 5.41 Å². The summed E-state index contributed by atoms with van der Waals surface area (Å²) < 4.78 is 0. The zero-order valence-corrected chi connectivity index (χ0v) is 12.0. The monoisotopic (exact) mass is 279 g/mol. The average molecular weight is 279 g/mol. The lowest BCUT2D eigenvalue weighted by Crippen LogP contribution is -2.51. The van der Waals surface area contributed by atoms with Crippen LogP contribution in [0.3, 0.4) is 0 Å². The maximum atomic E-state index is 12.5. The minimum Gasteiger partial charge on any atom is -0.353 e. The van der Waals surface area contributed by atoms with E-state index in [0.29, 0.717) is 25.0 Å². The molecule has 1 heterocycles. The van der Waals surface area contributed by atoms with E-state index in [-0.39, 0.29) is 11.8 Å². The quantitative estimate of drug-likeness (QED) is 0.693. The van der Waals surface area contributed by atoms with E-state index in [2.05, 4.69) is 16.0 Å². The maximum absolute atomic E-state index is 12.5. The largest absolute Gasteiger partial charge is 0.353 e. The lowest BCUT2D eigenvalue weighted by atomic mass is 9.80. The Labute approximate surface area is 120 Å². The van der Waals surface area contributed by atoms with Gasteiger partial charge in [0.05, 0.1) is 5.41 Å². The van der Waals surface area contributed by atoms with Gasteiger partial charge in [0, 0.05) is 25.0 Å². The molecule has 0 aromatic heterocycles. The van der Waals surface area contributed by atoms with Crippen LogP contribution < -0.4 is 16.0 Å². The third-order valence-corrected chi connectivity index (χ3v) is 5.14. The van der Waals surface area contributed by atoms with Gasteiger partial charge in [-0.25, -0.2) is 0 Å². The molecular weight excluding hydrogens is 254 g/mol. The van der Waals surface area contributed by atoms with Crippen molar-refractivity contribution in [2.75, 3.05) is 13.1 Å². The third-order valence-electron chi connectivity index (χ3n) is 5.14. The average Bonchev–Trinajstić information content (AvgIpc) is 2.78. The summed E-state index contributed by atoms with van der Waals surface area (Å²) in [6.07, 6.45) is 7.86. The molecule has 3 rings (SSSR count). The van der Waals surface area contributed by atoms with E-state index in [1.165, 1.54) is 12.8 Å². The topological polar surface area (TPSA) is 70.2 Å². The van der Waals surface area contributed by atoms with E-state index in [1.807, 2.05) is 0 Å². The van der Waals surface area contributed by atoms with Crippen LogP contribution in [0.15, 0.2) is 0 Å². The first-order valence-corrected chi connectivity index (χ1v) is 7.99. The van der Waals surface area contributed by atoms with Gasteiger partial charge in [-0.3, -0.25) is 9.59 Å². The Morgan fingerprint density at radius 2 is 1.70 bits per heavy atom. The van der Waals surface area contributed by atoms with Gasteiger partial charge in [-0.15, -0.1) is 0 Å². The summed E-state index contributed by atoms with van der Waals surface area (Å²) in [5.41, 5.74) is -0.524. The molecule has 2 saturated carbocycles. The Morgan fingerprint density at radius 1 is 1.05 bits per heavy atom.